The van der Waals surface area contributed by atoms with Crippen LogP contribution in [0.2, 0.25) is 0 Å². The highest BCUT2D eigenvalue weighted by Crippen LogP contribution is 2.50. The first-order valence-electron chi connectivity index (χ1n) is 6.59. The fraction of sp³-hybridized carbons (Fsp3) is 0.500. The van der Waals surface area contributed by atoms with Crippen LogP contribution in [0.1, 0.15) is 37.7 Å². The van der Waals surface area contributed by atoms with Crippen molar-refractivity contribution in [2.24, 2.45) is 5.92 Å². The van der Waals surface area contributed by atoms with Crippen LogP contribution in [0.15, 0.2) is 42.5 Å². The second-order valence-electron chi connectivity index (χ2n) is 5.31. The molecule has 1 aliphatic carbocycles. The highest BCUT2D eigenvalue weighted by molar-refractivity contribution is 5.26. The molecule has 0 aliphatic heterocycles. The lowest BCUT2D eigenvalue weighted by Gasteiger charge is -2.16. The quantitative estimate of drug-likeness (QED) is 0.733. The zero-order valence-corrected chi connectivity index (χ0v) is 10.9. The minimum atomic E-state index is 0.650. The Bertz CT molecular complexity index is 368. The number of hydrogen-bond donors (Lipinski definition) is 1. The van der Waals surface area contributed by atoms with Gasteiger partial charge in [0.15, 0.2) is 0 Å². The maximum Gasteiger partial charge on any atom is 0.0101 e. The maximum absolute atomic E-state index is 3.99. The number of nitrogens with one attached hydrogen (secondary N) is 1. The molecule has 3 atom stereocenters. The van der Waals surface area contributed by atoms with Crippen LogP contribution in [0.4, 0.5) is 0 Å². The zero-order chi connectivity index (χ0) is 12.3. The summed E-state index contributed by atoms with van der Waals surface area (Å²) in [5, 5.41) is 3.48. The molecule has 17 heavy (non-hydrogen) atoms. The van der Waals surface area contributed by atoms with E-state index in [1.165, 1.54) is 24.0 Å². The van der Waals surface area contributed by atoms with E-state index in [1.807, 2.05) is 0 Å². The summed E-state index contributed by atoms with van der Waals surface area (Å²) in [5.41, 5.74) is 2.80. The molecule has 1 aromatic rings. The molecule has 0 aromatic heterocycles. The third kappa shape index (κ3) is 3.19. The first-order valence-corrected chi connectivity index (χ1v) is 6.59. The van der Waals surface area contributed by atoms with Gasteiger partial charge in [0.05, 0.1) is 0 Å². The number of benzene rings is 1. The molecule has 0 bridgehead atoms. The lowest BCUT2D eigenvalue weighted by atomic mass is 10.00. The van der Waals surface area contributed by atoms with Crippen molar-refractivity contribution in [1.29, 1.82) is 0 Å². The smallest absolute Gasteiger partial charge is 0.0101 e. The van der Waals surface area contributed by atoms with E-state index in [0.29, 0.717) is 6.04 Å². The fourth-order valence-corrected chi connectivity index (χ4v) is 2.72. The van der Waals surface area contributed by atoms with Crippen LogP contribution in [-0.2, 0) is 0 Å². The third-order valence-electron chi connectivity index (χ3n) is 3.84. The first-order chi connectivity index (χ1) is 8.22. The van der Waals surface area contributed by atoms with Crippen molar-refractivity contribution in [2.75, 3.05) is 7.05 Å². The molecule has 1 saturated carbocycles. The molecule has 1 N–H and O–H groups in total. The zero-order valence-electron chi connectivity index (χ0n) is 10.9. The van der Waals surface area contributed by atoms with Gasteiger partial charge in [-0.05, 0) is 50.6 Å². The highest BCUT2D eigenvalue weighted by atomic mass is 14.9. The Balaban J connectivity index is 1.90. The molecule has 0 amide bonds. The molecule has 0 radical (unpaired) electrons. The molecule has 0 heterocycles. The van der Waals surface area contributed by atoms with E-state index in [1.54, 1.807) is 0 Å². The summed E-state index contributed by atoms with van der Waals surface area (Å²) >= 11 is 0. The number of hydrogen-bond acceptors (Lipinski definition) is 1. The van der Waals surface area contributed by atoms with Crippen LogP contribution >= 0.6 is 0 Å². The largest absolute Gasteiger partial charge is 0.317 e. The monoisotopic (exact) mass is 229 g/mol. The van der Waals surface area contributed by atoms with Gasteiger partial charge in [0, 0.05) is 6.04 Å². The summed E-state index contributed by atoms with van der Waals surface area (Å²) in [6, 6.07) is 11.6. The van der Waals surface area contributed by atoms with E-state index in [2.05, 4.69) is 56.2 Å². The van der Waals surface area contributed by atoms with Crippen LogP contribution < -0.4 is 5.32 Å². The SMILES string of the molecule is C=C(C)CCC(NC)C1CC1c1ccccc1. The molecule has 92 valence electrons. The van der Waals surface area contributed by atoms with E-state index in [0.717, 1.165) is 18.3 Å². The molecule has 1 aromatic carbocycles. The normalized spacial score (nSPS) is 24.4. The van der Waals surface area contributed by atoms with Gasteiger partial charge in [-0.25, -0.2) is 0 Å². The second kappa shape index (κ2) is 5.50. The number of rotatable bonds is 6. The Morgan fingerprint density at radius 2 is 2.12 bits per heavy atom. The second-order valence-corrected chi connectivity index (χ2v) is 5.31. The average Bonchev–Trinajstić information content (AvgIpc) is 3.11. The van der Waals surface area contributed by atoms with Gasteiger partial charge in [-0.2, -0.15) is 0 Å². The molecule has 1 aliphatic rings. The minimum Gasteiger partial charge on any atom is -0.317 e. The van der Waals surface area contributed by atoms with Gasteiger partial charge in [-0.3, -0.25) is 0 Å². The lowest BCUT2D eigenvalue weighted by Crippen LogP contribution is -2.27. The molecule has 3 unspecified atom stereocenters. The molecule has 1 fully saturated rings. The lowest BCUT2D eigenvalue weighted by molar-refractivity contribution is 0.462. The summed E-state index contributed by atoms with van der Waals surface area (Å²) in [5.74, 6) is 1.60. The van der Waals surface area contributed by atoms with E-state index < -0.39 is 0 Å². The standard InChI is InChI=1S/C16H23N/c1-12(2)9-10-16(17-3)15-11-14(15)13-7-5-4-6-8-13/h4-8,14-17H,1,9-11H2,2-3H3. The van der Waals surface area contributed by atoms with E-state index >= 15 is 0 Å². The maximum atomic E-state index is 3.99. The van der Waals surface area contributed by atoms with E-state index in [-0.39, 0.29) is 0 Å². The van der Waals surface area contributed by atoms with Gasteiger partial charge < -0.3 is 5.32 Å². The Morgan fingerprint density at radius 1 is 1.41 bits per heavy atom. The molecule has 0 spiro atoms. The van der Waals surface area contributed by atoms with Gasteiger partial charge in [0.1, 0.15) is 0 Å². The predicted molar refractivity (Wildman–Crippen MR) is 74.2 cm³/mol. The molecule has 1 nitrogen and oxygen atoms in total. The van der Waals surface area contributed by atoms with Gasteiger partial charge >= 0.3 is 0 Å². The summed E-state index contributed by atoms with van der Waals surface area (Å²) in [6.07, 6.45) is 3.70. The molecule has 0 saturated heterocycles. The fourth-order valence-electron chi connectivity index (χ4n) is 2.72. The van der Waals surface area contributed by atoms with Crippen molar-refractivity contribution in [3.63, 3.8) is 0 Å². The third-order valence-corrected chi connectivity index (χ3v) is 3.84. The van der Waals surface area contributed by atoms with Crippen molar-refractivity contribution in [1.82, 2.24) is 5.32 Å². The first kappa shape index (κ1) is 12.4. The summed E-state index contributed by atoms with van der Waals surface area (Å²) in [7, 11) is 2.09. The Labute approximate surface area is 105 Å². The van der Waals surface area contributed by atoms with Crippen LogP contribution in [0.25, 0.3) is 0 Å². The molecular weight excluding hydrogens is 206 g/mol. The van der Waals surface area contributed by atoms with Crippen molar-refractivity contribution in [3.8, 4) is 0 Å². The van der Waals surface area contributed by atoms with Gasteiger partial charge in [0.25, 0.3) is 0 Å². The molecular formula is C16H23N. The van der Waals surface area contributed by atoms with Crippen molar-refractivity contribution >= 4 is 0 Å². The Kier molecular flexibility index (Phi) is 4.01. The van der Waals surface area contributed by atoms with Crippen LogP contribution in [0.5, 0.6) is 0 Å². The number of allylic oxidation sites excluding steroid dienone is 1. The average molecular weight is 229 g/mol. The predicted octanol–water partition coefficient (Wildman–Crippen LogP) is 3.73. The summed E-state index contributed by atoms with van der Waals surface area (Å²) < 4.78 is 0. The highest BCUT2D eigenvalue weighted by Gasteiger charge is 2.42. The van der Waals surface area contributed by atoms with Gasteiger partial charge in [0.2, 0.25) is 0 Å². The van der Waals surface area contributed by atoms with Crippen molar-refractivity contribution < 1.29 is 0 Å². The van der Waals surface area contributed by atoms with Gasteiger partial charge in [-0.1, -0.05) is 35.9 Å². The Hall–Kier alpha value is -1.08. The van der Waals surface area contributed by atoms with Crippen LogP contribution in [0.3, 0.4) is 0 Å². The van der Waals surface area contributed by atoms with Crippen molar-refractivity contribution in [3.05, 3.63) is 48.0 Å². The van der Waals surface area contributed by atoms with Gasteiger partial charge in [-0.15, -0.1) is 6.58 Å². The Morgan fingerprint density at radius 3 is 2.71 bits per heavy atom. The van der Waals surface area contributed by atoms with E-state index in [9.17, 15) is 0 Å². The summed E-state index contributed by atoms with van der Waals surface area (Å²) in [6.45, 7) is 6.11. The minimum absolute atomic E-state index is 0.650. The van der Waals surface area contributed by atoms with Crippen LogP contribution in [-0.4, -0.2) is 13.1 Å². The van der Waals surface area contributed by atoms with E-state index in [4.69, 9.17) is 0 Å². The molecule has 2 rings (SSSR count). The topological polar surface area (TPSA) is 12.0 Å². The molecule has 1 heteroatoms. The summed E-state index contributed by atoms with van der Waals surface area (Å²) in [4.78, 5) is 0. The van der Waals surface area contributed by atoms with Crippen molar-refractivity contribution in [2.45, 2.75) is 38.1 Å². The van der Waals surface area contributed by atoms with Crippen LogP contribution in [0, 0.1) is 5.92 Å².